The number of benzene rings is 2. The summed E-state index contributed by atoms with van der Waals surface area (Å²) < 4.78 is 45.3. The summed E-state index contributed by atoms with van der Waals surface area (Å²) in [5, 5.41) is 0. The maximum Gasteiger partial charge on any atom is 0.290 e. The van der Waals surface area contributed by atoms with Crippen LogP contribution in [0.4, 0.5) is 0 Å². The standard InChI is InChI=1S/C22H33NO3S2Si/c1-17(2)19(4)22(29(5,6)7)27(24,20-11-9-8-10-12-20)23-28(25,26)21-15-13-18(3)14-16-21/h8-17,19,22H,1-7H3. The minimum absolute atomic E-state index is 0.0614. The predicted octanol–water partition coefficient (Wildman–Crippen LogP) is 5.75. The van der Waals surface area contributed by atoms with Crippen molar-refractivity contribution in [2.45, 2.75) is 62.0 Å². The van der Waals surface area contributed by atoms with Gasteiger partial charge < -0.3 is 0 Å². The molecular weight excluding hydrogens is 418 g/mol. The molecule has 2 rings (SSSR count). The molecular formula is C22H33NO3S2Si. The minimum Gasteiger partial charge on any atom is -0.244 e. The summed E-state index contributed by atoms with van der Waals surface area (Å²) in [5.74, 6) is 0.319. The molecule has 2 aromatic carbocycles. The van der Waals surface area contributed by atoms with Crippen molar-refractivity contribution in [3.05, 3.63) is 60.2 Å². The van der Waals surface area contributed by atoms with E-state index < -0.39 is 27.8 Å². The fourth-order valence-electron chi connectivity index (χ4n) is 3.66. The van der Waals surface area contributed by atoms with Gasteiger partial charge >= 0.3 is 0 Å². The largest absolute Gasteiger partial charge is 0.290 e. The average molecular weight is 452 g/mol. The van der Waals surface area contributed by atoms with Crippen molar-refractivity contribution in [1.82, 2.24) is 0 Å². The van der Waals surface area contributed by atoms with Crippen LogP contribution in [-0.2, 0) is 19.8 Å². The van der Waals surface area contributed by atoms with Gasteiger partial charge in [-0.05, 0) is 43.0 Å². The summed E-state index contributed by atoms with van der Waals surface area (Å²) in [7, 11) is -9.38. The van der Waals surface area contributed by atoms with Crippen LogP contribution in [0, 0.1) is 18.8 Å². The first-order valence-corrected chi connectivity index (χ1v) is 16.5. The van der Waals surface area contributed by atoms with Crippen LogP contribution in [0.1, 0.15) is 26.3 Å². The molecule has 0 aliphatic carbocycles. The molecule has 7 heteroatoms. The van der Waals surface area contributed by atoms with Gasteiger partial charge in [-0.25, -0.2) is 4.21 Å². The highest BCUT2D eigenvalue weighted by Gasteiger charge is 2.43. The van der Waals surface area contributed by atoms with E-state index in [1.54, 1.807) is 36.4 Å². The first kappa shape index (κ1) is 23.8. The first-order valence-electron chi connectivity index (χ1n) is 9.93. The second-order valence-corrected chi connectivity index (χ2v) is 19.0. The van der Waals surface area contributed by atoms with Crippen LogP contribution < -0.4 is 0 Å². The van der Waals surface area contributed by atoms with Crippen molar-refractivity contribution in [2.75, 3.05) is 0 Å². The predicted molar refractivity (Wildman–Crippen MR) is 125 cm³/mol. The van der Waals surface area contributed by atoms with Crippen molar-refractivity contribution in [3.63, 3.8) is 0 Å². The van der Waals surface area contributed by atoms with Crippen molar-refractivity contribution in [1.29, 1.82) is 0 Å². The van der Waals surface area contributed by atoms with Crippen molar-refractivity contribution >= 4 is 27.8 Å². The van der Waals surface area contributed by atoms with Gasteiger partial charge in [0, 0.05) is 9.77 Å². The fourth-order valence-corrected chi connectivity index (χ4v) is 14.7. The summed E-state index contributed by atoms with van der Waals surface area (Å²) in [6.07, 6.45) is 0. The Hall–Kier alpha value is -1.44. The Morgan fingerprint density at radius 1 is 0.793 bits per heavy atom. The van der Waals surface area contributed by atoms with E-state index in [4.69, 9.17) is 0 Å². The number of hydrogen-bond acceptors (Lipinski definition) is 3. The normalized spacial score (nSPS) is 16.8. The number of sulfonamides is 1. The quantitative estimate of drug-likeness (QED) is 0.504. The van der Waals surface area contributed by atoms with Gasteiger partial charge in [-0.1, -0.05) is 76.3 Å². The van der Waals surface area contributed by atoms with Gasteiger partial charge in [0.1, 0.15) is 0 Å². The number of nitrogens with zero attached hydrogens (tertiary/aromatic N) is 1. The van der Waals surface area contributed by atoms with Gasteiger partial charge in [-0.3, -0.25) is 0 Å². The zero-order chi connectivity index (χ0) is 22.0. The summed E-state index contributed by atoms with van der Waals surface area (Å²) in [4.78, 5) is 0.270. The maximum atomic E-state index is 14.6. The average Bonchev–Trinajstić information content (AvgIpc) is 2.61. The molecule has 0 aliphatic rings. The van der Waals surface area contributed by atoms with E-state index in [0.29, 0.717) is 4.90 Å². The zero-order valence-corrected chi connectivity index (χ0v) is 21.0. The highest BCUT2D eigenvalue weighted by molar-refractivity contribution is 8.04. The smallest absolute Gasteiger partial charge is 0.244 e. The van der Waals surface area contributed by atoms with Crippen LogP contribution in [0.25, 0.3) is 0 Å². The van der Waals surface area contributed by atoms with Crippen molar-refractivity contribution in [2.24, 2.45) is 15.6 Å². The monoisotopic (exact) mass is 451 g/mol. The van der Waals surface area contributed by atoms with Crippen LogP contribution >= 0.6 is 0 Å². The Bertz CT molecular complexity index is 1050. The van der Waals surface area contributed by atoms with Crippen molar-refractivity contribution < 1.29 is 12.6 Å². The van der Waals surface area contributed by atoms with E-state index in [0.717, 1.165) is 5.56 Å². The third-order valence-corrected chi connectivity index (χ3v) is 15.3. The van der Waals surface area contributed by atoms with E-state index in [1.807, 2.05) is 13.0 Å². The molecule has 160 valence electrons. The van der Waals surface area contributed by atoms with E-state index in [2.05, 4.69) is 44.2 Å². The molecule has 0 bridgehead atoms. The van der Waals surface area contributed by atoms with Crippen LogP contribution in [0.3, 0.4) is 0 Å². The molecule has 0 amide bonds. The third kappa shape index (κ3) is 5.38. The van der Waals surface area contributed by atoms with Gasteiger partial charge in [-0.2, -0.15) is 8.42 Å². The van der Waals surface area contributed by atoms with Crippen molar-refractivity contribution in [3.8, 4) is 0 Å². The van der Waals surface area contributed by atoms with E-state index in [1.165, 1.54) is 12.1 Å². The molecule has 0 aromatic heterocycles. The van der Waals surface area contributed by atoms with Gasteiger partial charge in [0.05, 0.1) is 22.7 Å². The Morgan fingerprint density at radius 3 is 1.76 bits per heavy atom. The molecule has 0 radical (unpaired) electrons. The molecule has 0 saturated heterocycles. The fraction of sp³-hybridized carbons (Fsp3) is 0.455. The number of aryl methyl sites for hydroxylation is 1. The van der Waals surface area contributed by atoms with Gasteiger partial charge in [0.15, 0.2) is 0 Å². The maximum absolute atomic E-state index is 14.6. The highest BCUT2D eigenvalue weighted by atomic mass is 32.3. The second-order valence-electron chi connectivity index (χ2n) is 9.13. The van der Waals surface area contributed by atoms with Crippen LogP contribution in [0.5, 0.6) is 0 Å². The number of hydrogen-bond donors (Lipinski definition) is 0. The third-order valence-electron chi connectivity index (χ3n) is 5.34. The molecule has 0 fully saturated rings. The lowest BCUT2D eigenvalue weighted by molar-refractivity contribution is 0.435. The van der Waals surface area contributed by atoms with Crippen LogP contribution in [-0.4, -0.2) is 25.6 Å². The molecule has 4 nitrogen and oxygen atoms in total. The molecule has 0 N–H and O–H groups in total. The van der Waals surface area contributed by atoms with Crippen LogP contribution in [0.15, 0.2) is 68.2 Å². The molecule has 3 unspecified atom stereocenters. The minimum atomic E-state index is -4.08. The van der Waals surface area contributed by atoms with E-state index >= 15 is 0 Å². The molecule has 0 heterocycles. The summed E-state index contributed by atoms with van der Waals surface area (Å²) in [6, 6.07) is 15.5. The van der Waals surface area contributed by atoms with E-state index in [9.17, 15) is 12.6 Å². The molecule has 0 aliphatic heterocycles. The molecule has 0 saturated carbocycles. The lowest BCUT2D eigenvalue weighted by atomic mass is 10.0. The van der Waals surface area contributed by atoms with Gasteiger partial charge in [-0.15, -0.1) is 3.77 Å². The Kier molecular flexibility index (Phi) is 7.18. The lowest BCUT2D eigenvalue weighted by Crippen LogP contribution is -2.49. The van der Waals surface area contributed by atoms with E-state index in [-0.39, 0.29) is 21.6 Å². The summed E-state index contributed by atoms with van der Waals surface area (Å²) >= 11 is 0. The summed E-state index contributed by atoms with van der Waals surface area (Å²) in [6.45, 7) is 14.6. The van der Waals surface area contributed by atoms with Gasteiger partial charge in [0.25, 0.3) is 10.0 Å². The SMILES string of the molecule is Cc1ccc(S(=O)(=O)N=S(=O)(c2ccccc2)C(C(C)C(C)C)[Si](C)(C)C)cc1. The molecule has 3 atom stereocenters. The topological polar surface area (TPSA) is 63.6 Å². The Labute approximate surface area is 178 Å². The number of rotatable bonds is 7. The van der Waals surface area contributed by atoms with Gasteiger partial charge in [0.2, 0.25) is 0 Å². The first-order chi connectivity index (χ1) is 13.3. The molecule has 0 spiro atoms. The Morgan fingerprint density at radius 2 is 1.31 bits per heavy atom. The second kappa shape index (κ2) is 8.74. The highest BCUT2D eigenvalue weighted by Crippen LogP contribution is 2.36. The molecule has 2 aromatic rings. The summed E-state index contributed by atoms with van der Waals surface area (Å²) in [5.41, 5.74) is 0.959. The zero-order valence-electron chi connectivity index (χ0n) is 18.4. The van der Waals surface area contributed by atoms with Crippen LogP contribution in [0.2, 0.25) is 19.6 Å². The lowest BCUT2D eigenvalue weighted by Gasteiger charge is -2.38. The molecule has 29 heavy (non-hydrogen) atoms. The Balaban J connectivity index is 2.87.